The van der Waals surface area contributed by atoms with Gasteiger partial charge in [0.05, 0.1) is 5.75 Å². The first-order valence-electron chi connectivity index (χ1n) is 5.15. The smallest absolute Gasteiger partial charge is 0.151 e. The molecule has 0 saturated carbocycles. The van der Waals surface area contributed by atoms with E-state index in [0.717, 1.165) is 15.7 Å². The molecule has 0 fully saturated rings. The highest BCUT2D eigenvalue weighted by molar-refractivity contribution is 9.10. The molecule has 0 amide bonds. The van der Waals surface area contributed by atoms with Gasteiger partial charge in [-0.05, 0) is 40.5 Å². The van der Waals surface area contributed by atoms with Gasteiger partial charge in [-0.25, -0.2) is 8.42 Å². The standard InChI is InChI=1S/C11H16BrNO2S/c1-3-16(14,15)7-6-13-11-8-9(2)4-5-10(11)12/h4-5,8,13H,3,6-7H2,1-2H3. The van der Waals surface area contributed by atoms with E-state index in [2.05, 4.69) is 21.2 Å². The van der Waals surface area contributed by atoms with E-state index in [0.29, 0.717) is 6.54 Å². The van der Waals surface area contributed by atoms with Crippen LogP contribution in [0.1, 0.15) is 12.5 Å². The largest absolute Gasteiger partial charge is 0.383 e. The summed E-state index contributed by atoms with van der Waals surface area (Å²) in [6, 6.07) is 5.94. The van der Waals surface area contributed by atoms with Crippen molar-refractivity contribution in [2.75, 3.05) is 23.4 Å². The highest BCUT2D eigenvalue weighted by Crippen LogP contribution is 2.22. The molecule has 1 aromatic carbocycles. The first kappa shape index (κ1) is 13.5. The van der Waals surface area contributed by atoms with Crippen molar-refractivity contribution >= 4 is 31.5 Å². The van der Waals surface area contributed by atoms with Crippen LogP contribution >= 0.6 is 15.9 Å². The summed E-state index contributed by atoms with van der Waals surface area (Å²) in [6.07, 6.45) is 0. The van der Waals surface area contributed by atoms with Crippen LogP contribution in [-0.2, 0) is 9.84 Å². The van der Waals surface area contributed by atoms with Crippen LogP contribution < -0.4 is 5.32 Å². The van der Waals surface area contributed by atoms with Crippen molar-refractivity contribution < 1.29 is 8.42 Å². The highest BCUT2D eigenvalue weighted by atomic mass is 79.9. The van der Waals surface area contributed by atoms with E-state index in [9.17, 15) is 8.42 Å². The third kappa shape index (κ3) is 4.14. The second-order valence-electron chi connectivity index (χ2n) is 3.65. The van der Waals surface area contributed by atoms with E-state index in [1.165, 1.54) is 0 Å². The van der Waals surface area contributed by atoms with Crippen LogP contribution in [0.5, 0.6) is 0 Å². The first-order chi connectivity index (χ1) is 7.44. The summed E-state index contributed by atoms with van der Waals surface area (Å²) in [6.45, 7) is 4.11. The van der Waals surface area contributed by atoms with Crippen LogP contribution in [0.2, 0.25) is 0 Å². The number of anilines is 1. The molecule has 0 radical (unpaired) electrons. The topological polar surface area (TPSA) is 46.2 Å². The summed E-state index contributed by atoms with van der Waals surface area (Å²) in [5.41, 5.74) is 2.08. The van der Waals surface area contributed by atoms with Crippen LogP contribution in [0.15, 0.2) is 22.7 Å². The third-order valence-electron chi connectivity index (χ3n) is 2.29. The average molecular weight is 306 g/mol. The summed E-state index contributed by atoms with van der Waals surface area (Å²) in [5, 5.41) is 3.12. The van der Waals surface area contributed by atoms with E-state index in [1.807, 2.05) is 25.1 Å². The quantitative estimate of drug-likeness (QED) is 0.909. The monoisotopic (exact) mass is 305 g/mol. The first-order valence-corrected chi connectivity index (χ1v) is 7.76. The molecule has 0 bridgehead atoms. The molecule has 90 valence electrons. The number of nitrogens with one attached hydrogen (secondary N) is 1. The molecule has 0 aliphatic rings. The van der Waals surface area contributed by atoms with Gasteiger partial charge >= 0.3 is 0 Å². The minimum Gasteiger partial charge on any atom is -0.383 e. The van der Waals surface area contributed by atoms with Crippen molar-refractivity contribution in [2.45, 2.75) is 13.8 Å². The third-order valence-corrected chi connectivity index (χ3v) is 4.69. The maximum Gasteiger partial charge on any atom is 0.151 e. The Kier molecular flexibility index (Phi) is 4.80. The van der Waals surface area contributed by atoms with Crippen LogP contribution in [0.3, 0.4) is 0 Å². The SMILES string of the molecule is CCS(=O)(=O)CCNc1cc(C)ccc1Br. The molecule has 5 heteroatoms. The maximum absolute atomic E-state index is 11.3. The highest BCUT2D eigenvalue weighted by Gasteiger charge is 2.07. The summed E-state index contributed by atoms with van der Waals surface area (Å²) < 4.78 is 23.5. The number of rotatable bonds is 5. The fourth-order valence-electron chi connectivity index (χ4n) is 1.26. The van der Waals surface area contributed by atoms with Gasteiger partial charge in [0.25, 0.3) is 0 Å². The zero-order chi connectivity index (χ0) is 12.2. The van der Waals surface area contributed by atoms with Gasteiger partial charge in [0.2, 0.25) is 0 Å². The lowest BCUT2D eigenvalue weighted by Gasteiger charge is -2.09. The number of aryl methyl sites for hydroxylation is 1. The Morgan fingerprint density at radius 3 is 2.69 bits per heavy atom. The molecule has 1 rings (SSSR count). The van der Waals surface area contributed by atoms with Gasteiger partial charge in [-0.15, -0.1) is 0 Å². The van der Waals surface area contributed by atoms with E-state index >= 15 is 0 Å². The number of hydrogen-bond donors (Lipinski definition) is 1. The molecule has 0 aliphatic carbocycles. The Morgan fingerprint density at radius 1 is 1.38 bits per heavy atom. The Bertz CT molecular complexity index is 457. The molecular weight excluding hydrogens is 290 g/mol. The molecule has 0 spiro atoms. The van der Waals surface area contributed by atoms with E-state index < -0.39 is 9.84 Å². The van der Waals surface area contributed by atoms with Gasteiger partial charge in [0, 0.05) is 22.5 Å². The van der Waals surface area contributed by atoms with Crippen molar-refractivity contribution in [2.24, 2.45) is 0 Å². The molecule has 0 aliphatic heterocycles. The average Bonchev–Trinajstić information content (AvgIpc) is 2.23. The Morgan fingerprint density at radius 2 is 2.06 bits per heavy atom. The maximum atomic E-state index is 11.3. The molecule has 16 heavy (non-hydrogen) atoms. The predicted molar refractivity (Wildman–Crippen MR) is 71.7 cm³/mol. The molecular formula is C11H16BrNO2S. The zero-order valence-electron chi connectivity index (χ0n) is 9.46. The number of halogens is 1. The van der Waals surface area contributed by atoms with Crippen molar-refractivity contribution in [1.82, 2.24) is 0 Å². The van der Waals surface area contributed by atoms with Gasteiger partial charge < -0.3 is 5.32 Å². The lowest BCUT2D eigenvalue weighted by atomic mass is 10.2. The Labute approximate surface area is 105 Å². The lowest BCUT2D eigenvalue weighted by Crippen LogP contribution is -2.17. The van der Waals surface area contributed by atoms with E-state index in [-0.39, 0.29) is 11.5 Å². The molecule has 3 nitrogen and oxygen atoms in total. The molecule has 0 heterocycles. The molecule has 1 N–H and O–H groups in total. The Hall–Kier alpha value is -0.550. The molecule has 1 aromatic rings. The van der Waals surface area contributed by atoms with Crippen molar-refractivity contribution in [3.05, 3.63) is 28.2 Å². The van der Waals surface area contributed by atoms with Crippen LogP contribution in [0, 0.1) is 6.92 Å². The van der Waals surface area contributed by atoms with Gasteiger partial charge in [-0.3, -0.25) is 0 Å². The van der Waals surface area contributed by atoms with Gasteiger partial charge in [0.1, 0.15) is 0 Å². The second kappa shape index (κ2) is 5.68. The number of benzene rings is 1. The molecule has 0 unspecified atom stereocenters. The normalized spacial score (nSPS) is 11.4. The zero-order valence-corrected chi connectivity index (χ0v) is 11.9. The minimum atomic E-state index is -2.89. The molecule has 0 aromatic heterocycles. The summed E-state index contributed by atoms with van der Waals surface area (Å²) in [5.74, 6) is 0.369. The molecule has 0 saturated heterocycles. The van der Waals surface area contributed by atoms with E-state index in [1.54, 1.807) is 6.92 Å². The molecule has 0 atom stereocenters. The van der Waals surface area contributed by atoms with Crippen molar-refractivity contribution in [3.8, 4) is 0 Å². The fraction of sp³-hybridized carbons (Fsp3) is 0.455. The minimum absolute atomic E-state index is 0.171. The fourth-order valence-corrected chi connectivity index (χ4v) is 2.35. The Balaban J connectivity index is 2.59. The predicted octanol–water partition coefficient (Wildman–Crippen LogP) is 2.60. The van der Waals surface area contributed by atoms with Crippen molar-refractivity contribution in [3.63, 3.8) is 0 Å². The summed E-state index contributed by atoms with van der Waals surface area (Å²) in [4.78, 5) is 0. The van der Waals surface area contributed by atoms with Crippen molar-refractivity contribution in [1.29, 1.82) is 0 Å². The van der Waals surface area contributed by atoms with Gasteiger partial charge in [-0.2, -0.15) is 0 Å². The van der Waals surface area contributed by atoms with Crippen LogP contribution in [0.25, 0.3) is 0 Å². The summed E-state index contributed by atoms with van der Waals surface area (Å²) >= 11 is 3.42. The van der Waals surface area contributed by atoms with Crippen LogP contribution in [-0.4, -0.2) is 26.5 Å². The lowest BCUT2D eigenvalue weighted by molar-refractivity contribution is 0.597. The second-order valence-corrected chi connectivity index (χ2v) is 6.97. The summed E-state index contributed by atoms with van der Waals surface area (Å²) in [7, 11) is -2.89. The van der Waals surface area contributed by atoms with E-state index in [4.69, 9.17) is 0 Å². The number of hydrogen-bond acceptors (Lipinski definition) is 3. The number of sulfone groups is 1. The van der Waals surface area contributed by atoms with Gasteiger partial charge in [0.15, 0.2) is 9.84 Å². The van der Waals surface area contributed by atoms with Crippen LogP contribution in [0.4, 0.5) is 5.69 Å². The van der Waals surface area contributed by atoms with Gasteiger partial charge in [-0.1, -0.05) is 13.0 Å².